The van der Waals surface area contributed by atoms with Gasteiger partial charge >= 0.3 is 6.09 Å². The van der Waals surface area contributed by atoms with Crippen LogP contribution in [0.2, 0.25) is 0 Å². The Morgan fingerprint density at radius 2 is 1.88 bits per heavy atom. The van der Waals surface area contributed by atoms with Gasteiger partial charge in [-0.05, 0) is 40.0 Å². The number of alkyl carbamates (subject to hydrolysis) is 1. The number of carbonyl (C=O) groups excluding carboxylic acids is 2. The van der Waals surface area contributed by atoms with Crippen molar-refractivity contribution in [1.29, 1.82) is 0 Å². The average Bonchev–Trinajstić information content (AvgIpc) is 2.93. The zero-order valence-corrected chi connectivity index (χ0v) is 11.4. The molecule has 0 aromatic rings. The van der Waals surface area contributed by atoms with Gasteiger partial charge in [0.05, 0.1) is 0 Å². The number of hydrogen-bond acceptors (Lipinski definition) is 3. The van der Waals surface area contributed by atoms with Gasteiger partial charge in [-0.3, -0.25) is 4.79 Å². The fourth-order valence-electron chi connectivity index (χ4n) is 1.71. The average molecular weight is 241 g/mol. The number of Topliss-reactive ketones (excluding diaryl/α,β-unsaturated/α-hetero) is 1. The molecule has 0 aromatic carbocycles. The highest BCUT2D eigenvalue weighted by atomic mass is 16.6. The number of ketones is 1. The van der Waals surface area contributed by atoms with Crippen molar-refractivity contribution in [1.82, 2.24) is 5.32 Å². The maximum atomic E-state index is 12.1. The molecule has 1 N–H and O–H groups in total. The van der Waals surface area contributed by atoms with Gasteiger partial charge in [0.1, 0.15) is 11.1 Å². The van der Waals surface area contributed by atoms with E-state index in [2.05, 4.69) is 5.32 Å². The first-order valence-electron chi connectivity index (χ1n) is 6.25. The second-order valence-corrected chi connectivity index (χ2v) is 5.88. The van der Waals surface area contributed by atoms with Gasteiger partial charge in [0.25, 0.3) is 0 Å². The molecule has 1 rings (SSSR count). The van der Waals surface area contributed by atoms with Crippen LogP contribution in [0.15, 0.2) is 0 Å². The molecule has 4 nitrogen and oxygen atoms in total. The normalized spacial score (nSPS) is 19.4. The van der Waals surface area contributed by atoms with Crippen molar-refractivity contribution in [3.63, 3.8) is 0 Å². The Balaban J connectivity index is 2.56. The van der Waals surface area contributed by atoms with Gasteiger partial charge in [0, 0.05) is 5.92 Å². The number of hydrogen-bond donors (Lipinski definition) is 1. The third-order valence-corrected chi connectivity index (χ3v) is 3.02. The van der Waals surface area contributed by atoms with Crippen molar-refractivity contribution >= 4 is 11.9 Å². The molecule has 1 atom stereocenters. The highest BCUT2D eigenvalue weighted by Crippen LogP contribution is 2.39. The summed E-state index contributed by atoms with van der Waals surface area (Å²) in [7, 11) is 0. The zero-order chi connectivity index (χ0) is 13.3. The molecule has 1 amide bonds. The summed E-state index contributed by atoms with van der Waals surface area (Å²) in [4.78, 5) is 23.7. The Bertz CT molecular complexity index is 313. The molecule has 17 heavy (non-hydrogen) atoms. The van der Waals surface area contributed by atoms with E-state index < -0.39 is 17.2 Å². The molecule has 0 aromatic heterocycles. The van der Waals surface area contributed by atoms with Crippen LogP contribution >= 0.6 is 0 Å². The molecule has 0 aliphatic heterocycles. The number of rotatable bonds is 4. The second kappa shape index (κ2) is 4.67. The maximum absolute atomic E-state index is 12.1. The molecule has 1 aliphatic carbocycles. The summed E-state index contributed by atoms with van der Waals surface area (Å²) in [5, 5.41) is 2.73. The van der Waals surface area contributed by atoms with Crippen molar-refractivity contribution < 1.29 is 14.3 Å². The van der Waals surface area contributed by atoms with Crippen LogP contribution in [-0.2, 0) is 9.53 Å². The van der Waals surface area contributed by atoms with E-state index in [0.29, 0.717) is 0 Å². The smallest absolute Gasteiger partial charge is 0.408 e. The molecule has 4 heteroatoms. The molecular formula is C13H23NO3. The lowest BCUT2D eigenvalue weighted by molar-refractivity contribution is -0.125. The molecule has 1 fully saturated rings. The van der Waals surface area contributed by atoms with Crippen LogP contribution < -0.4 is 5.32 Å². The lowest BCUT2D eigenvalue weighted by atomic mass is 9.96. The number of carbonyl (C=O) groups is 2. The fraction of sp³-hybridized carbons (Fsp3) is 0.846. The van der Waals surface area contributed by atoms with Crippen molar-refractivity contribution in [2.45, 2.75) is 65.0 Å². The summed E-state index contributed by atoms with van der Waals surface area (Å²) in [6.45, 7) is 9.30. The topological polar surface area (TPSA) is 55.4 Å². The maximum Gasteiger partial charge on any atom is 0.408 e. The van der Waals surface area contributed by atoms with E-state index in [4.69, 9.17) is 4.74 Å². The SMILES string of the molecule is CCC(C)C(=O)C1(NC(=O)OC(C)(C)C)CC1. The number of ether oxygens (including phenoxy) is 1. The van der Waals surface area contributed by atoms with E-state index in [9.17, 15) is 9.59 Å². The van der Waals surface area contributed by atoms with Gasteiger partial charge in [0.2, 0.25) is 0 Å². The van der Waals surface area contributed by atoms with Crippen molar-refractivity contribution in [2.24, 2.45) is 5.92 Å². The van der Waals surface area contributed by atoms with E-state index in [1.807, 2.05) is 34.6 Å². The Morgan fingerprint density at radius 1 is 1.35 bits per heavy atom. The summed E-state index contributed by atoms with van der Waals surface area (Å²) >= 11 is 0. The molecule has 0 heterocycles. The molecule has 1 unspecified atom stereocenters. The van der Waals surface area contributed by atoms with E-state index in [1.165, 1.54) is 0 Å². The van der Waals surface area contributed by atoms with Crippen molar-refractivity contribution in [3.05, 3.63) is 0 Å². The molecular weight excluding hydrogens is 218 g/mol. The van der Waals surface area contributed by atoms with Gasteiger partial charge in [-0.2, -0.15) is 0 Å². The number of amides is 1. The van der Waals surface area contributed by atoms with Crippen LogP contribution in [0.3, 0.4) is 0 Å². The molecule has 98 valence electrons. The van der Waals surface area contributed by atoms with Crippen LogP contribution in [-0.4, -0.2) is 23.0 Å². The lowest BCUT2D eigenvalue weighted by Crippen LogP contribution is -2.47. The highest BCUT2D eigenvalue weighted by molar-refractivity contribution is 5.95. The first-order valence-corrected chi connectivity index (χ1v) is 6.25. The van der Waals surface area contributed by atoms with Gasteiger partial charge in [-0.25, -0.2) is 4.79 Å². The summed E-state index contributed by atoms with van der Waals surface area (Å²) < 4.78 is 5.17. The van der Waals surface area contributed by atoms with Gasteiger partial charge < -0.3 is 10.1 Å². The minimum atomic E-state index is -0.641. The van der Waals surface area contributed by atoms with Crippen LogP contribution in [0.25, 0.3) is 0 Å². The molecule has 1 saturated carbocycles. The first kappa shape index (κ1) is 14.0. The fourth-order valence-corrected chi connectivity index (χ4v) is 1.71. The minimum Gasteiger partial charge on any atom is -0.444 e. The summed E-state index contributed by atoms with van der Waals surface area (Å²) in [5.74, 6) is 0.123. The predicted octanol–water partition coefficient (Wildman–Crippen LogP) is 2.66. The third-order valence-electron chi connectivity index (χ3n) is 3.02. The Kier molecular flexibility index (Phi) is 3.84. The molecule has 0 bridgehead atoms. The second-order valence-electron chi connectivity index (χ2n) is 5.88. The highest BCUT2D eigenvalue weighted by Gasteiger charge is 2.52. The summed E-state index contributed by atoms with van der Waals surface area (Å²) in [6, 6.07) is 0. The molecule has 0 radical (unpaired) electrons. The van der Waals surface area contributed by atoms with Crippen molar-refractivity contribution in [2.75, 3.05) is 0 Å². The van der Waals surface area contributed by atoms with Gasteiger partial charge in [-0.15, -0.1) is 0 Å². The largest absolute Gasteiger partial charge is 0.444 e. The van der Waals surface area contributed by atoms with Gasteiger partial charge in [-0.1, -0.05) is 13.8 Å². The Morgan fingerprint density at radius 3 is 2.24 bits per heavy atom. The van der Waals surface area contributed by atoms with Gasteiger partial charge in [0.15, 0.2) is 5.78 Å². The standard InChI is InChI=1S/C13H23NO3/c1-6-9(2)10(15)13(7-8-13)14-11(16)17-12(3,4)5/h9H,6-8H2,1-5H3,(H,14,16). The zero-order valence-electron chi connectivity index (χ0n) is 11.4. The van der Waals surface area contributed by atoms with Crippen molar-refractivity contribution in [3.8, 4) is 0 Å². The molecule has 1 aliphatic rings. The first-order chi connectivity index (χ1) is 7.70. The van der Waals surface area contributed by atoms with E-state index in [-0.39, 0.29) is 11.7 Å². The molecule has 0 spiro atoms. The number of nitrogens with one attached hydrogen (secondary N) is 1. The minimum absolute atomic E-state index is 0.00700. The summed E-state index contributed by atoms with van der Waals surface area (Å²) in [5.41, 5.74) is -1.17. The lowest BCUT2D eigenvalue weighted by Gasteiger charge is -2.24. The van der Waals surface area contributed by atoms with Crippen LogP contribution in [0.1, 0.15) is 53.9 Å². The van der Waals surface area contributed by atoms with Crippen LogP contribution in [0.4, 0.5) is 4.79 Å². The Hall–Kier alpha value is -1.06. The monoisotopic (exact) mass is 241 g/mol. The van der Waals surface area contributed by atoms with E-state index >= 15 is 0 Å². The third kappa shape index (κ3) is 3.72. The van der Waals surface area contributed by atoms with Crippen LogP contribution in [0.5, 0.6) is 0 Å². The summed E-state index contributed by atoms with van der Waals surface area (Å²) in [6.07, 6.45) is 1.77. The Labute approximate surface area is 103 Å². The predicted molar refractivity (Wildman–Crippen MR) is 65.8 cm³/mol. The van der Waals surface area contributed by atoms with Crippen LogP contribution in [0, 0.1) is 5.92 Å². The molecule has 0 saturated heterocycles. The quantitative estimate of drug-likeness (QED) is 0.823. The van der Waals surface area contributed by atoms with E-state index in [0.717, 1.165) is 19.3 Å². The van der Waals surface area contributed by atoms with E-state index in [1.54, 1.807) is 0 Å².